The third-order valence-electron chi connectivity index (χ3n) is 3.87. The minimum atomic E-state index is -0.616. The van der Waals surface area contributed by atoms with E-state index in [1.165, 1.54) is 6.08 Å². The lowest BCUT2D eigenvalue weighted by atomic mass is 9.79. The fourth-order valence-electron chi connectivity index (χ4n) is 3.08. The number of fused-ring (bicyclic) bond motifs is 2. The van der Waals surface area contributed by atoms with Crippen molar-refractivity contribution in [2.45, 2.75) is 37.1 Å². The summed E-state index contributed by atoms with van der Waals surface area (Å²) in [5, 5.41) is 0. The first-order chi connectivity index (χ1) is 8.74. The molecule has 0 N–H and O–H groups in total. The van der Waals surface area contributed by atoms with Gasteiger partial charge in [-0.3, -0.25) is 0 Å². The maximum atomic E-state index is 11.6. The summed E-state index contributed by atoms with van der Waals surface area (Å²) in [6.07, 6.45) is 4.17. The Morgan fingerprint density at radius 3 is 2.72 bits per heavy atom. The second-order valence-electron chi connectivity index (χ2n) is 4.91. The fraction of sp³-hybridized carbons (Fsp3) is 0.400. The quantitative estimate of drug-likeness (QED) is 0.605. The van der Waals surface area contributed by atoms with E-state index in [9.17, 15) is 4.79 Å². The maximum Gasteiger partial charge on any atom is 0.331 e. The van der Waals surface area contributed by atoms with Crippen molar-refractivity contribution in [3.63, 3.8) is 0 Å². The molecule has 94 valence electrons. The molecule has 3 heteroatoms. The summed E-state index contributed by atoms with van der Waals surface area (Å²) in [6.45, 7) is 3.47. The van der Waals surface area contributed by atoms with Gasteiger partial charge in [0.2, 0.25) is 0 Å². The Morgan fingerprint density at radius 2 is 2.17 bits per heavy atom. The average Bonchev–Trinajstić information content (AvgIpc) is 3.00. The van der Waals surface area contributed by atoms with Gasteiger partial charge in [0.05, 0.1) is 6.10 Å². The first-order valence-corrected chi connectivity index (χ1v) is 6.31. The highest BCUT2D eigenvalue weighted by atomic mass is 16.6. The highest BCUT2D eigenvalue weighted by Crippen LogP contribution is 2.50. The monoisotopic (exact) mass is 244 g/mol. The Balaban J connectivity index is 1.99. The maximum absolute atomic E-state index is 11.6. The smallest absolute Gasteiger partial charge is 0.331 e. The molecule has 1 aromatic carbocycles. The number of benzene rings is 1. The largest absolute Gasteiger partial charge is 0.448 e. The number of esters is 1. The van der Waals surface area contributed by atoms with E-state index in [1.807, 2.05) is 30.3 Å². The van der Waals surface area contributed by atoms with E-state index in [0.717, 1.165) is 24.8 Å². The van der Waals surface area contributed by atoms with Crippen molar-refractivity contribution in [3.05, 3.63) is 48.6 Å². The SMILES string of the molecule is C=CC(=O)OC1(c2ccccc2)CC2CCC1O2. The molecule has 0 radical (unpaired) electrons. The summed E-state index contributed by atoms with van der Waals surface area (Å²) in [4.78, 5) is 11.6. The van der Waals surface area contributed by atoms with Crippen LogP contribution in [0.1, 0.15) is 24.8 Å². The van der Waals surface area contributed by atoms with Gasteiger partial charge in [0.25, 0.3) is 0 Å². The van der Waals surface area contributed by atoms with Gasteiger partial charge in [0, 0.05) is 12.5 Å². The highest BCUT2D eigenvalue weighted by molar-refractivity contribution is 5.81. The number of hydrogen-bond donors (Lipinski definition) is 0. The summed E-state index contributed by atoms with van der Waals surface area (Å²) in [6, 6.07) is 9.89. The third kappa shape index (κ3) is 1.66. The number of rotatable bonds is 3. The molecular weight excluding hydrogens is 228 g/mol. The Bertz CT molecular complexity index is 468. The molecule has 2 aliphatic rings. The van der Waals surface area contributed by atoms with Crippen LogP contribution in [0.5, 0.6) is 0 Å². The van der Waals surface area contributed by atoms with Gasteiger partial charge >= 0.3 is 5.97 Å². The van der Waals surface area contributed by atoms with Crippen molar-refractivity contribution in [3.8, 4) is 0 Å². The van der Waals surface area contributed by atoms with Crippen molar-refractivity contribution in [1.29, 1.82) is 0 Å². The Morgan fingerprint density at radius 1 is 1.39 bits per heavy atom. The molecule has 2 saturated heterocycles. The summed E-state index contributed by atoms with van der Waals surface area (Å²) < 4.78 is 11.6. The molecule has 3 atom stereocenters. The lowest BCUT2D eigenvalue weighted by molar-refractivity contribution is -0.161. The van der Waals surface area contributed by atoms with Crippen molar-refractivity contribution >= 4 is 5.97 Å². The number of carbonyl (C=O) groups is 1. The van der Waals surface area contributed by atoms with Gasteiger partial charge in [-0.05, 0) is 18.4 Å². The van der Waals surface area contributed by atoms with Gasteiger partial charge < -0.3 is 9.47 Å². The predicted octanol–water partition coefficient (Wildman–Crippen LogP) is 2.56. The molecule has 2 aliphatic heterocycles. The molecule has 3 nitrogen and oxygen atoms in total. The minimum Gasteiger partial charge on any atom is -0.448 e. The third-order valence-corrected chi connectivity index (χ3v) is 3.87. The molecule has 2 bridgehead atoms. The molecule has 2 heterocycles. The fourth-order valence-corrected chi connectivity index (χ4v) is 3.08. The Hall–Kier alpha value is -1.61. The molecule has 2 fully saturated rings. The molecule has 0 aliphatic carbocycles. The standard InChI is InChI=1S/C15H16O3/c1-2-14(16)18-15(11-6-4-3-5-7-11)10-12-8-9-13(15)17-12/h2-7,12-13H,1,8-10H2. The Kier molecular flexibility index (Phi) is 2.71. The normalized spacial score (nSPS) is 33.3. The van der Waals surface area contributed by atoms with Crippen LogP contribution in [0.4, 0.5) is 0 Å². The van der Waals surface area contributed by atoms with Crippen LogP contribution in [0.2, 0.25) is 0 Å². The molecule has 3 rings (SSSR count). The first kappa shape index (κ1) is 11.5. The van der Waals surface area contributed by atoms with E-state index in [4.69, 9.17) is 9.47 Å². The van der Waals surface area contributed by atoms with Crippen LogP contribution in [0.25, 0.3) is 0 Å². The van der Waals surface area contributed by atoms with Crippen LogP contribution in [0.15, 0.2) is 43.0 Å². The summed E-state index contributed by atoms with van der Waals surface area (Å²) in [5.74, 6) is -0.380. The lowest BCUT2D eigenvalue weighted by Crippen LogP contribution is -2.41. The number of hydrogen-bond acceptors (Lipinski definition) is 3. The van der Waals surface area contributed by atoms with E-state index >= 15 is 0 Å². The Labute approximate surface area is 106 Å². The van der Waals surface area contributed by atoms with Gasteiger partial charge in [-0.15, -0.1) is 0 Å². The van der Waals surface area contributed by atoms with E-state index in [2.05, 4.69) is 6.58 Å². The predicted molar refractivity (Wildman–Crippen MR) is 66.9 cm³/mol. The second-order valence-corrected chi connectivity index (χ2v) is 4.91. The molecule has 0 aromatic heterocycles. The van der Waals surface area contributed by atoms with Crippen molar-refractivity contribution in [2.75, 3.05) is 0 Å². The van der Waals surface area contributed by atoms with Gasteiger partial charge in [0.1, 0.15) is 6.10 Å². The van der Waals surface area contributed by atoms with Gasteiger partial charge in [0.15, 0.2) is 5.60 Å². The second kappa shape index (κ2) is 4.25. The topological polar surface area (TPSA) is 35.5 Å². The van der Waals surface area contributed by atoms with E-state index < -0.39 is 5.60 Å². The van der Waals surface area contributed by atoms with Crippen LogP contribution < -0.4 is 0 Å². The molecule has 0 amide bonds. The van der Waals surface area contributed by atoms with Crippen LogP contribution in [-0.4, -0.2) is 18.2 Å². The average molecular weight is 244 g/mol. The minimum absolute atomic E-state index is 0.0196. The highest BCUT2D eigenvalue weighted by Gasteiger charge is 2.56. The van der Waals surface area contributed by atoms with Gasteiger partial charge in [-0.1, -0.05) is 36.9 Å². The molecule has 0 spiro atoms. The zero-order valence-corrected chi connectivity index (χ0v) is 10.2. The summed E-state index contributed by atoms with van der Waals surface area (Å²) in [5.41, 5.74) is 0.405. The van der Waals surface area contributed by atoms with Gasteiger partial charge in [-0.2, -0.15) is 0 Å². The van der Waals surface area contributed by atoms with Crippen LogP contribution >= 0.6 is 0 Å². The molecule has 0 saturated carbocycles. The van der Waals surface area contributed by atoms with Crippen molar-refractivity contribution in [2.24, 2.45) is 0 Å². The van der Waals surface area contributed by atoms with Crippen molar-refractivity contribution in [1.82, 2.24) is 0 Å². The molecule has 1 aromatic rings. The molecular formula is C15H16O3. The van der Waals surface area contributed by atoms with E-state index in [1.54, 1.807) is 0 Å². The first-order valence-electron chi connectivity index (χ1n) is 6.31. The lowest BCUT2D eigenvalue weighted by Gasteiger charge is -2.35. The van der Waals surface area contributed by atoms with Crippen LogP contribution in [-0.2, 0) is 19.9 Å². The van der Waals surface area contributed by atoms with Crippen LogP contribution in [0.3, 0.4) is 0 Å². The van der Waals surface area contributed by atoms with Crippen LogP contribution in [0, 0.1) is 0 Å². The van der Waals surface area contributed by atoms with E-state index in [0.29, 0.717) is 0 Å². The summed E-state index contributed by atoms with van der Waals surface area (Å²) in [7, 11) is 0. The molecule has 18 heavy (non-hydrogen) atoms. The van der Waals surface area contributed by atoms with Gasteiger partial charge in [-0.25, -0.2) is 4.79 Å². The zero-order chi connectivity index (χ0) is 12.6. The van der Waals surface area contributed by atoms with Crippen molar-refractivity contribution < 1.29 is 14.3 Å². The van der Waals surface area contributed by atoms with E-state index in [-0.39, 0.29) is 18.2 Å². The number of ether oxygens (including phenoxy) is 2. The zero-order valence-electron chi connectivity index (χ0n) is 10.2. The summed E-state index contributed by atoms with van der Waals surface area (Å²) >= 11 is 0. The number of carbonyl (C=O) groups excluding carboxylic acids is 1. The molecule has 3 unspecified atom stereocenters.